The van der Waals surface area contributed by atoms with Gasteiger partial charge in [-0.3, -0.25) is 4.79 Å². The first kappa shape index (κ1) is 10.6. The lowest BCUT2D eigenvalue weighted by Gasteiger charge is -2.38. The highest BCUT2D eigenvalue weighted by molar-refractivity contribution is 5.87. The van der Waals surface area contributed by atoms with Crippen LogP contribution in [0, 0.1) is 12.3 Å². The number of carbonyl (C=O) groups is 2. The summed E-state index contributed by atoms with van der Waals surface area (Å²) < 4.78 is 0. The smallest absolute Gasteiger partial charge is 0.329 e. The number of hydrogen-bond donors (Lipinski definition) is 2. The lowest BCUT2D eigenvalue weighted by Crippen LogP contribution is -2.59. The zero-order chi connectivity index (χ0) is 10.6. The first-order valence-corrected chi connectivity index (χ1v) is 4.58. The highest BCUT2D eigenvalue weighted by atomic mass is 16.4. The SMILES string of the molecule is C#CCCC(=O)NC1(C(=O)O)CCC1. The summed E-state index contributed by atoms with van der Waals surface area (Å²) in [5, 5.41) is 11.4. The molecule has 76 valence electrons. The Morgan fingerprint density at radius 1 is 1.50 bits per heavy atom. The van der Waals surface area contributed by atoms with Crippen molar-refractivity contribution < 1.29 is 14.7 Å². The molecule has 1 saturated carbocycles. The average molecular weight is 195 g/mol. The van der Waals surface area contributed by atoms with E-state index in [1.807, 2.05) is 0 Å². The molecule has 0 aromatic heterocycles. The Morgan fingerprint density at radius 3 is 2.50 bits per heavy atom. The molecule has 0 unspecified atom stereocenters. The Hall–Kier alpha value is -1.50. The maximum atomic E-state index is 11.2. The fourth-order valence-corrected chi connectivity index (χ4v) is 1.44. The molecule has 1 rings (SSSR count). The first-order valence-electron chi connectivity index (χ1n) is 4.58. The van der Waals surface area contributed by atoms with Crippen molar-refractivity contribution in [1.29, 1.82) is 0 Å². The van der Waals surface area contributed by atoms with Gasteiger partial charge in [-0.05, 0) is 19.3 Å². The average Bonchev–Trinajstić information content (AvgIpc) is 2.07. The van der Waals surface area contributed by atoms with Crippen LogP contribution >= 0.6 is 0 Å². The molecule has 0 aromatic carbocycles. The van der Waals surface area contributed by atoms with Crippen molar-refractivity contribution in [3.8, 4) is 12.3 Å². The van der Waals surface area contributed by atoms with E-state index in [-0.39, 0.29) is 12.3 Å². The van der Waals surface area contributed by atoms with E-state index < -0.39 is 11.5 Å². The number of hydrogen-bond acceptors (Lipinski definition) is 2. The summed E-state index contributed by atoms with van der Waals surface area (Å²) in [6, 6.07) is 0. The molecule has 14 heavy (non-hydrogen) atoms. The van der Waals surface area contributed by atoms with Crippen LogP contribution in [0.2, 0.25) is 0 Å². The van der Waals surface area contributed by atoms with Crippen LogP contribution in [0.15, 0.2) is 0 Å². The molecule has 0 radical (unpaired) electrons. The first-order chi connectivity index (χ1) is 6.60. The van der Waals surface area contributed by atoms with Crippen molar-refractivity contribution in [3.63, 3.8) is 0 Å². The van der Waals surface area contributed by atoms with E-state index in [9.17, 15) is 9.59 Å². The number of carbonyl (C=O) groups excluding carboxylic acids is 1. The highest BCUT2D eigenvalue weighted by Gasteiger charge is 2.45. The Kier molecular flexibility index (Phi) is 3.13. The van der Waals surface area contributed by atoms with Crippen LogP contribution in [0.5, 0.6) is 0 Å². The van der Waals surface area contributed by atoms with Gasteiger partial charge in [0.2, 0.25) is 5.91 Å². The summed E-state index contributed by atoms with van der Waals surface area (Å²) in [7, 11) is 0. The minimum absolute atomic E-state index is 0.200. The fourth-order valence-electron chi connectivity index (χ4n) is 1.44. The van der Waals surface area contributed by atoms with E-state index in [0.29, 0.717) is 19.3 Å². The van der Waals surface area contributed by atoms with E-state index in [0.717, 1.165) is 6.42 Å². The van der Waals surface area contributed by atoms with Crippen molar-refractivity contribution in [1.82, 2.24) is 5.32 Å². The van der Waals surface area contributed by atoms with E-state index in [1.165, 1.54) is 0 Å². The molecule has 2 N–H and O–H groups in total. The summed E-state index contributed by atoms with van der Waals surface area (Å²) in [6.07, 6.45) is 7.43. The van der Waals surface area contributed by atoms with Gasteiger partial charge in [-0.15, -0.1) is 12.3 Å². The molecular formula is C10H13NO3. The predicted molar refractivity (Wildman–Crippen MR) is 50.4 cm³/mol. The van der Waals surface area contributed by atoms with Crippen LogP contribution in [-0.2, 0) is 9.59 Å². The number of terminal acetylenes is 1. The van der Waals surface area contributed by atoms with Gasteiger partial charge in [-0.25, -0.2) is 4.79 Å². The third-order valence-corrected chi connectivity index (χ3v) is 2.49. The molecule has 4 heteroatoms. The van der Waals surface area contributed by atoms with E-state index in [4.69, 9.17) is 11.5 Å². The number of nitrogens with one attached hydrogen (secondary N) is 1. The summed E-state index contributed by atoms with van der Waals surface area (Å²) in [4.78, 5) is 22.1. The Bertz CT molecular complexity index is 286. The topological polar surface area (TPSA) is 66.4 Å². The predicted octanol–water partition coefficient (Wildman–Crippen LogP) is 0.523. The van der Waals surface area contributed by atoms with Gasteiger partial charge in [0.05, 0.1) is 0 Å². The molecule has 0 aromatic rings. The second kappa shape index (κ2) is 4.14. The Morgan fingerprint density at radius 2 is 2.14 bits per heavy atom. The van der Waals surface area contributed by atoms with Crippen LogP contribution in [0.1, 0.15) is 32.1 Å². The molecule has 0 heterocycles. The van der Waals surface area contributed by atoms with Crippen LogP contribution in [-0.4, -0.2) is 22.5 Å². The van der Waals surface area contributed by atoms with Crippen molar-refractivity contribution in [3.05, 3.63) is 0 Å². The van der Waals surface area contributed by atoms with Crippen molar-refractivity contribution in [2.45, 2.75) is 37.6 Å². The standard InChI is InChI=1S/C10H13NO3/c1-2-3-5-8(12)11-10(9(13)14)6-4-7-10/h1H,3-7H2,(H,11,12)(H,13,14). The molecule has 0 saturated heterocycles. The number of amides is 1. The third-order valence-electron chi connectivity index (χ3n) is 2.49. The lowest BCUT2D eigenvalue weighted by atomic mass is 9.76. The molecule has 4 nitrogen and oxygen atoms in total. The molecule has 0 aliphatic heterocycles. The van der Waals surface area contributed by atoms with Crippen LogP contribution in [0.25, 0.3) is 0 Å². The lowest BCUT2D eigenvalue weighted by molar-refractivity contribution is -0.151. The minimum atomic E-state index is -1.01. The summed E-state index contributed by atoms with van der Waals surface area (Å²) in [6.45, 7) is 0. The maximum Gasteiger partial charge on any atom is 0.329 e. The summed E-state index contributed by atoms with van der Waals surface area (Å²) >= 11 is 0. The Labute approximate surface area is 82.7 Å². The van der Waals surface area contributed by atoms with Gasteiger partial charge in [0, 0.05) is 12.8 Å². The molecular weight excluding hydrogens is 182 g/mol. The molecule has 0 bridgehead atoms. The van der Waals surface area contributed by atoms with Gasteiger partial charge in [0.1, 0.15) is 5.54 Å². The maximum absolute atomic E-state index is 11.2. The number of aliphatic carboxylic acids is 1. The fraction of sp³-hybridized carbons (Fsp3) is 0.600. The van der Waals surface area contributed by atoms with Crippen LogP contribution in [0.3, 0.4) is 0 Å². The van der Waals surface area contributed by atoms with Gasteiger partial charge in [0.25, 0.3) is 0 Å². The second-order valence-electron chi connectivity index (χ2n) is 3.49. The molecule has 1 fully saturated rings. The van der Waals surface area contributed by atoms with Gasteiger partial charge < -0.3 is 10.4 Å². The highest BCUT2D eigenvalue weighted by Crippen LogP contribution is 2.32. The van der Waals surface area contributed by atoms with Gasteiger partial charge in [0.15, 0.2) is 0 Å². The van der Waals surface area contributed by atoms with Gasteiger partial charge in [-0.2, -0.15) is 0 Å². The number of rotatable bonds is 4. The Balaban J connectivity index is 2.46. The quantitative estimate of drug-likeness (QED) is 0.643. The molecule has 1 aliphatic carbocycles. The van der Waals surface area contributed by atoms with E-state index >= 15 is 0 Å². The van der Waals surface area contributed by atoms with Gasteiger partial charge in [-0.1, -0.05) is 0 Å². The van der Waals surface area contributed by atoms with Crippen molar-refractivity contribution in [2.24, 2.45) is 0 Å². The minimum Gasteiger partial charge on any atom is -0.480 e. The zero-order valence-electron chi connectivity index (χ0n) is 7.88. The largest absolute Gasteiger partial charge is 0.480 e. The normalized spacial score (nSPS) is 17.6. The molecule has 0 atom stereocenters. The summed E-state index contributed by atoms with van der Waals surface area (Å²) in [5.41, 5.74) is -1.01. The monoisotopic (exact) mass is 195 g/mol. The van der Waals surface area contributed by atoms with Crippen molar-refractivity contribution in [2.75, 3.05) is 0 Å². The zero-order valence-corrected chi connectivity index (χ0v) is 7.88. The van der Waals surface area contributed by atoms with E-state index in [1.54, 1.807) is 0 Å². The second-order valence-corrected chi connectivity index (χ2v) is 3.49. The summed E-state index contributed by atoms with van der Waals surface area (Å²) in [5.74, 6) is 1.12. The molecule has 1 aliphatic rings. The molecule has 1 amide bonds. The number of carboxylic acid groups (broad SMARTS) is 1. The van der Waals surface area contributed by atoms with Crippen molar-refractivity contribution >= 4 is 11.9 Å². The van der Waals surface area contributed by atoms with Crippen LogP contribution < -0.4 is 5.32 Å². The van der Waals surface area contributed by atoms with E-state index in [2.05, 4.69) is 11.2 Å². The van der Waals surface area contributed by atoms with Crippen LogP contribution in [0.4, 0.5) is 0 Å². The molecule has 0 spiro atoms. The van der Waals surface area contributed by atoms with Gasteiger partial charge >= 0.3 is 5.97 Å². The number of carboxylic acids is 1. The third kappa shape index (κ3) is 2.05.